The maximum absolute atomic E-state index is 13.5. The van der Waals surface area contributed by atoms with Crippen LogP contribution in [0.25, 0.3) is 0 Å². The Morgan fingerprint density at radius 3 is 2.67 bits per heavy atom. The van der Waals surface area contributed by atoms with Crippen molar-refractivity contribution in [2.45, 2.75) is 44.4 Å². The van der Waals surface area contributed by atoms with E-state index >= 15 is 0 Å². The zero-order valence-electron chi connectivity index (χ0n) is 13.2. The van der Waals surface area contributed by atoms with Gasteiger partial charge in [-0.1, -0.05) is 37.3 Å². The number of hydrogen-bond donors (Lipinski definition) is 1. The summed E-state index contributed by atoms with van der Waals surface area (Å²) >= 11 is 0. The van der Waals surface area contributed by atoms with E-state index in [-0.39, 0.29) is 30.1 Å². The highest BCUT2D eigenvalue weighted by molar-refractivity contribution is 5.95. The third kappa shape index (κ3) is 3.16. The molecule has 1 aliphatic rings. The SMILES string of the molecule is CCCC(=O)c1cc2n(n1)C(C(F)(F)F)CC(c1ccccc1)N2. The summed E-state index contributed by atoms with van der Waals surface area (Å²) in [6, 6.07) is 8.19. The summed E-state index contributed by atoms with van der Waals surface area (Å²) in [6.45, 7) is 1.84. The monoisotopic (exact) mass is 337 g/mol. The van der Waals surface area contributed by atoms with Gasteiger partial charge in [0.15, 0.2) is 11.8 Å². The zero-order valence-corrected chi connectivity index (χ0v) is 13.2. The Bertz CT molecular complexity index is 724. The van der Waals surface area contributed by atoms with E-state index in [0.717, 1.165) is 10.2 Å². The molecule has 0 fully saturated rings. The van der Waals surface area contributed by atoms with E-state index in [4.69, 9.17) is 0 Å². The summed E-state index contributed by atoms with van der Waals surface area (Å²) in [5, 5.41) is 7.01. The highest BCUT2D eigenvalue weighted by Crippen LogP contribution is 2.43. The second-order valence-corrected chi connectivity index (χ2v) is 5.93. The Morgan fingerprint density at radius 2 is 2.04 bits per heavy atom. The summed E-state index contributed by atoms with van der Waals surface area (Å²) in [6.07, 6.45) is -3.69. The molecule has 0 amide bonds. The van der Waals surface area contributed by atoms with E-state index in [1.807, 2.05) is 13.0 Å². The molecule has 1 aliphatic heterocycles. The van der Waals surface area contributed by atoms with Gasteiger partial charge in [-0.2, -0.15) is 18.3 Å². The van der Waals surface area contributed by atoms with Crippen LogP contribution in [0.4, 0.5) is 19.0 Å². The van der Waals surface area contributed by atoms with Crippen molar-refractivity contribution in [1.82, 2.24) is 9.78 Å². The first-order valence-corrected chi connectivity index (χ1v) is 7.91. The van der Waals surface area contributed by atoms with Crippen molar-refractivity contribution in [3.63, 3.8) is 0 Å². The number of nitrogens with zero attached hydrogens (tertiary/aromatic N) is 2. The first kappa shape index (κ1) is 16.5. The molecule has 0 bridgehead atoms. The second-order valence-electron chi connectivity index (χ2n) is 5.93. The van der Waals surface area contributed by atoms with Crippen LogP contribution in [0.5, 0.6) is 0 Å². The second kappa shape index (κ2) is 6.30. The molecule has 2 atom stereocenters. The van der Waals surface area contributed by atoms with Crippen LogP contribution in [0.2, 0.25) is 0 Å². The molecule has 0 saturated heterocycles. The Balaban J connectivity index is 1.98. The number of nitrogens with one attached hydrogen (secondary N) is 1. The van der Waals surface area contributed by atoms with Crippen LogP contribution < -0.4 is 5.32 Å². The first-order chi connectivity index (χ1) is 11.4. The van der Waals surface area contributed by atoms with Gasteiger partial charge in [-0.15, -0.1) is 0 Å². The Kier molecular flexibility index (Phi) is 4.34. The van der Waals surface area contributed by atoms with Gasteiger partial charge in [-0.05, 0) is 12.0 Å². The number of aromatic nitrogens is 2. The quantitative estimate of drug-likeness (QED) is 0.834. The van der Waals surface area contributed by atoms with Gasteiger partial charge in [0.25, 0.3) is 0 Å². The van der Waals surface area contributed by atoms with E-state index in [2.05, 4.69) is 10.4 Å². The normalized spacial score (nSPS) is 20.3. The fraction of sp³-hybridized carbons (Fsp3) is 0.412. The molecule has 1 aromatic heterocycles. The number of carbonyl (C=O) groups excluding carboxylic acids is 1. The highest BCUT2D eigenvalue weighted by Gasteiger charge is 2.46. The number of alkyl halides is 3. The predicted octanol–water partition coefficient (Wildman–Crippen LogP) is 4.53. The summed E-state index contributed by atoms with van der Waals surface area (Å²) in [7, 11) is 0. The van der Waals surface area contributed by atoms with E-state index in [1.54, 1.807) is 24.3 Å². The van der Waals surface area contributed by atoms with E-state index in [9.17, 15) is 18.0 Å². The summed E-state index contributed by atoms with van der Waals surface area (Å²) in [5.41, 5.74) is 0.864. The lowest BCUT2D eigenvalue weighted by molar-refractivity contribution is -0.173. The molecule has 0 saturated carbocycles. The summed E-state index contributed by atoms with van der Waals surface area (Å²) < 4.78 is 41.4. The number of benzene rings is 1. The van der Waals surface area contributed by atoms with Gasteiger partial charge in [-0.25, -0.2) is 4.68 Å². The maximum atomic E-state index is 13.5. The van der Waals surface area contributed by atoms with E-state index < -0.39 is 18.3 Å². The molecule has 1 aromatic carbocycles. The highest BCUT2D eigenvalue weighted by atomic mass is 19.4. The molecule has 128 valence electrons. The van der Waals surface area contributed by atoms with Gasteiger partial charge >= 0.3 is 6.18 Å². The summed E-state index contributed by atoms with van der Waals surface area (Å²) in [4.78, 5) is 12.0. The molecule has 3 rings (SSSR count). The molecular weight excluding hydrogens is 319 g/mol. The average Bonchev–Trinajstić information content (AvgIpc) is 2.98. The van der Waals surface area contributed by atoms with Crippen molar-refractivity contribution >= 4 is 11.6 Å². The van der Waals surface area contributed by atoms with E-state index in [0.29, 0.717) is 6.42 Å². The smallest absolute Gasteiger partial charge is 0.363 e. The molecule has 4 nitrogen and oxygen atoms in total. The molecule has 0 aliphatic carbocycles. The maximum Gasteiger partial charge on any atom is 0.410 e. The van der Waals surface area contributed by atoms with Crippen molar-refractivity contribution in [2.24, 2.45) is 0 Å². The fourth-order valence-corrected chi connectivity index (χ4v) is 2.97. The topological polar surface area (TPSA) is 46.9 Å². The number of halogens is 3. The van der Waals surface area contributed by atoms with Gasteiger partial charge < -0.3 is 5.32 Å². The first-order valence-electron chi connectivity index (χ1n) is 7.91. The molecule has 1 N–H and O–H groups in total. The van der Waals surface area contributed by atoms with Crippen molar-refractivity contribution in [3.05, 3.63) is 47.7 Å². The van der Waals surface area contributed by atoms with Gasteiger partial charge in [-0.3, -0.25) is 4.79 Å². The van der Waals surface area contributed by atoms with Crippen molar-refractivity contribution in [2.75, 3.05) is 5.32 Å². The minimum absolute atomic E-state index is 0.0855. The van der Waals surface area contributed by atoms with Crippen LogP contribution in [0.3, 0.4) is 0 Å². The third-order valence-electron chi connectivity index (χ3n) is 4.15. The van der Waals surface area contributed by atoms with E-state index in [1.165, 1.54) is 6.07 Å². The van der Waals surface area contributed by atoms with Crippen LogP contribution in [-0.2, 0) is 0 Å². The Hall–Kier alpha value is -2.31. The molecule has 2 aromatic rings. The van der Waals surface area contributed by atoms with Gasteiger partial charge in [0, 0.05) is 18.9 Å². The molecule has 0 spiro atoms. The number of fused-ring (bicyclic) bond motifs is 1. The molecule has 7 heteroatoms. The molecule has 2 heterocycles. The third-order valence-corrected chi connectivity index (χ3v) is 4.15. The zero-order chi connectivity index (χ0) is 17.3. The van der Waals surface area contributed by atoms with Crippen molar-refractivity contribution < 1.29 is 18.0 Å². The van der Waals surface area contributed by atoms with Crippen LogP contribution >= 0.6 is 0 Å². The van der Waals surface area contributed by atoms with Crippen LogP contribution in [0.1, 0.15) is 54.3 Å². The van der Waals surface area contributed by atoms with Crippen LogP contribution in [-0.4, -0.2) is 21.7 Å². The standard InChI is InChI=1S/C17H18F3N3O/c1-2-6-14(24)13-10-16-21-12(11-7-4-3-5-8-11)9-15(17(18,19)20)23(16)22-13/h3-5,7-8,10,12,15,21H,2,6,9H2,1H3. The van der Waals surface area contributed by atoms with Gasteiger partial charge in [0.2, 0.25) is 0 Å². The fourth-order valence-electron chi connectivity index (χ4n) is 2.97. The number of hydrogen-bond acceptors (Lipinski definition) is 3. The molecule has 2 unspecified atom stereocenters. The number of carbonyl (C=O) groups is 1. The predicted molar refractivity (Wildman–Crippen MR) is 84.0 cm³/mol. The number of rotatable bonds is 4. The lowest BCUT2D eigenvalue weighted by Crippen LogP contribution is -2.35. The Morgan fingerprint density at radius 1 is 1.33 bits per heavy atom. The minimum atomic E-state index is -4.43. The van der Waals surface area contributed by atoms with Crippen LogP contribution in [0, 0.1) is 0 Å². The molecule has 0 radical (unpaired) electrons. The average molecular weight is 337 g/mol. The molecule has 24 heavy (non-hydrogen) atoms. The number of Topliss-reactive ketones (excluding diaryl/α,β-unsaturated/α-hetero) is 1. The van der Waals surface area contributed by atoms with Crippen molar-refractivity contribution in [3.8, 4) is 0 Å². The largest absolute Gasteiger partial charge is 0.410 e. The van der Waals surface area contributed by atoms with Gasteiger partial charge in [0.05, 0.1) is 6.04 Å². The lowest BCUT2D eigenvalue weighted by Gasteiger charge is -2.33. The van der Waals surface area contributed by atoms with Crippen LogP contribution in [0.15, 0.2) is 36.4 Å². The number of ketones is 1. The van der Waals surface area contributed by atoms with Gasteiger partial charge in [0.1, 0.15) is 11.5 Å². The summed E-state index contributed by atoms with van der Waals surface area (Å²) in [5.74, 6) is -0.00438. The Labute approximate surface area is 137 Å². The number of anilines is 1. The minimum Gasteiger partial charge on any atom is -0.363 e. The molecular formula is C17H18F3N3O. The lowest BCUT2D eigenvalue weighted by atomic mass is 9.97. The van der Waals surface area contributed by atoms with Crippen molar-refractivity contribution in [1.29, 1.82) is 0 Å².